The zero-order valence-corrected chi connectivity index (χ0v) is 13.7. The van der Waals surface area contributed by atoms with Crippen molar-refractivity contribution < 1.29 is 13.2 Å². The third-order valence-corrected chi connectivity index (χ3v) is 4.47. The first-order valence-electron chi connectivity index (χ1n) is 6.67. The van der Waals surface area contributed by atoms with Crippen LogP contribution < -0.4 is 4.72 Å². The monoisotopic (exact) mass is 310 g/mol. The van der Waals surface area contributed by atoms with Crippen molar-refractivity contribution in [3.8, 4) is 6.07 Å². The van der Waals surface area contributed by atoms with Crippen LogP contribution in [0.1, 0.15) is 31.9 Å². The maximum atomic E-state index is 12.1. The van der Waals surface area contributed by atoms with Crippen LogP contribution in [0.2, 0.25) is 0 Å². The smallest absolute Gasteiger partial charge is 0.215 e. The summed E-state index contributed by atoms with van der Waals surface area (Å²) in [6.07, 6.45) is -0.210. The van der Waals surface area contributed by atoms with Gasteiger partial charge in [0.15, 0.2) is 0 Å². The van der Waals surface area contributed by atoms with Crippen LogP contribution in [0.5, 0.6) is 0 Å². The molecule has 0 fully saturated rings. The molecule has 1 aromatic rings. The van der Waals surface area contributed by atoms with E-state index in [-0.39, 0.29) is 23.8 Å². The van der Waals surface area contributed by atoms with Crippen molar-refractivity contribution in [1.29, 1.82) is 5.26 Å². The van der Waals surface area contributed by atoms with Gasteiger partial charge in [-0.1, -0.05) is 32.9 Å². The number of nitrogens with zero attached hydrogens (tertiary/aromatic N) is 1. The molecule has 0 radical (unpaired) electrons. The van der Waals surface area contributed by atoms with E-state index < -0.39 is 10.0 Å². The second-order valence-electron chi connectivity index (χ2n) is 6.01. The minimum Gasteiger partial charge on any atom is -0.380 e. The lowest BCUT2D eigenvalue weighted by Gasteiger charge is -2.29. The van der Waals surface area contributed by atoms with E-state index in [4.69, 9.17) is 10.00 Å². The van der Waals surface area contributed by atoms with Crippen LogP contribution in [0.15, 0.2) is 24.3 Å². The van der Waals surface area contributed by atoms with Gasteiger partial charge in [0.1, 0.15) is 0 Å². The predicted molar refractivity (Wildman–Crippen MR) is 82.0 cm³/mol. The molecule has 1 atom stereocenters. The molecule has 5 nitrogen and oxygen atoms in total. The number of nitrogens with one attached hydrogen (secondary N) is 1. The topological polar surface area (TPSA) is 79.2 Å². The summed E-state index contributed by atoms with van der Waals surface area (Å²) in [5.41, 5.74) is 0.885. The quantitative estimate of drug-likeness (QED) is 0.872. The minimum atomic E-state index is -3.46. The van der Waals surface area contributed by atoms with Crippen molar-refractivity contribution in [1.82, 2.24) is 4.72 Å². The van der Waals surface area contributed by atoms with Gasteiger partial charge >= 0.3 is 0 Å². The van der Waals surface area contributed by atoms with Gasteiger partial charge in [0.2, 0.25) is 10.0 Å². The summed E-state index contributed by atoms with van der Waals surface area (Å²) in [6, 6.07) is 8.59. The Hall–Kier alpha value is -1.42. The number of rotatable bonds is 6. The number of hydrogen-bond acceptors (Lipinski definition) is 4. The summed E-state index contributed by atoms with van der Waals surface area (Å²) >= 11 is 0. The van der Waals surface area contributed by atoms with Gasteiger partial charge in [-0.25, -0.2) is 13.1 Å². The fourth-order valence-corrected chi connectivity index (χ4v) is 3.07. The second-order valence-corrected chi connectivity index (χ2v) is 7.82. The van der Waals surface area contributed by atoms with E-state index in [0.29, 0.717) is 11.1 Å². The van der Waals surface area contributed by atoms with Gasteiger partial charge < -0.3 is 4.74 Å². The molecule has 0 saturated carbocycles. The first-order chi connectivity index (χ1) is 9.68. The van der Waals surface area contributed by atoms with Gasteiger partial charge in [0.25, 0.3) is 0 Å². The third-order valence-electron chi connectivity index (χ3n) is 3.15. The van der Waals surface area contributed by atoms with Gasteiger partial charge in [0, 0.05) is 13.7 Å². The number of sulfonamides is 1. The van der Waals surface area contributed by atoms with Crippen molar-refractivity contribution in [2.75, 3.05) is 13.7 Å². The molecule has 1 aromatic carbocycles. The van der Waals surface area contributed by atoms with Crippen molar-refractivity contribution >= 4 is 10.0 Å². The fourth-order valence-electron chi connectivity index (χ4n) is 1.95. The molecule has 0 aliphatic rings. The molecule has 0 aliphatic carbocycles. The molecular weight excluding hydrogens is 288 g/mol. The largest absolute Gasteiger partial charge is 0.380 e. The van der Waals surface area contributed by atoms with Gasteiger partial charge in [-0.3, -0.25) is 0 Å². The molecule has 0 aromatic heterocycles. The summed E-state index contributed by atoms with van der Waals surface area (Å²) in [7, 11) is -1.89. The first kappa shape index (κ1) is 17.6. The van der Waals surface area contributed by atoms with Gasteiger partial charge in [0.05, 0.1) is 23.5 Å². The van der Waals surface area contributed by atoms with Crippen LogP contribution in [-0.4, -0.2) is 28.2 Å². The number of methoxy groups -OCH3 is 1. The molecule has 0 bridgehead atoms. The first-order valence-corrected chi connectivity index (χ1v) is 8.32. The Kier molecular flexibility index (Phi) is 5.90. The maximum Gasteiger partial charge on any atom is 0.215 e. The van der Waals surface area contributed by atoms with Crippen LogP contribution in [-0.2, 0) is 20.5 Å². The van der Waals surface area contributed by atoms with Gasteiger partial charge in [-0.05, 0) is 23.1 Å². The summed E-state index contributed by atoms with van der Waals surface area (Å²) in [5.74, 6) is -0.150. The molecule has 1 N–H and O–H groups in total. The fraction of sp³-hybridized carbons (Fsp3) is 0.533. The molecule has 1 rings (SSSR count). The van der Waals surface area contributed by atoms with Crippen molar-refractivity contribution in [3.63, 3.8) is 0 Å². The standard InChI is InChI=1S/C15H22N2O3S/c1-15(2,3)14(20-4)10-17-21(18,19)11-13-7-5-6-12(8-13)9-16/h5-8,14,17H,10-11H2,1-4H3/t14-/m1/s1. The molecule has 0 amide bonds. The third kappa shape index (κ3) is 5.84. The Morgan fingerprint density at radius 1 is 1.38 bits per heavy atom. The molecule has 0 unspecified atom stereocenters. The van der Waals surface area contributed by atoms with Gasteiger partial charge in [-0.2, -0.15) is 5.26 Å². The highest BCUT2D eigenvalue weighted by atomic mass is 32.2. The highest BCUT2D eigenvalue weighted by Crippen LogP contribution is 2.21. The SMILES string of the molecule is CO[C@H](CNS(=O)(=O)Cc1cccc(C#N)c1)C(C)(C)C. The Balaban J connectivity index is 2.72. The molecule has 21 heavy (non-hydrogen) atoms. The van der Waals surface area contributed by atoms with E-state index in [1.807, 2.05) is 26.8 Å². The number of nitriles is 1. The van der Waals surface area contributed by atoms with E-state index >= 15 is 0 Å². The number of ether oxygens (including phenoxy) is 1. The molecule has 6 heteroatoms. The summed E-state index contributed by atoms with van der Waals surface area (Å²) in [4.78, 5) is 0. The zero-order valence-electron chi connectivity index (χ0n) is 12.9. The molecule has 0 aliphatic heterocycles. The summed E-state index contributed by atoms with van der Waals surface area (Å²) in [5, 5.41) is 8.83. The van der Waals surface area contributed by atoms with Crippen molar-refractivity contribution in [3.05, 3.63) is 35.4 Å². The van der Waals surface area contributed by atoms with Crippen LogP contribution in [0, 0.1) is 16.7 Å². The average molecular weight is 310 g/mol. The van der Waals surface area contributed by atoms with E-state index in [1.54, 1.807) is 31.4 Å². The molecule has 0 saturated heterocycles. The highest BCUT2D eigenvalue weighted by Gasteiger charge is 2.26. The molecule has 116 valence electrons. The van der Waals surface area contributed by atoms with Crippen LogP contribution in [0.25, 0.3) is 0 Å². The Morgan fingerprint density at radius 2 is 2.05 bits per heavy atom. The number of benzene rings is 1. The van der Waals surface area contributed by atoms with Crippen LogP contribution in [0.3, 0.4) is 0 Å². The zero-order chi connectivity index (χ0) is 16.1. The van der Waals surface area contributed by atoms with Crippen LogP contribution >= 0.6 is 0 Å². The normalized spacial score (nSPS) is 13.7. The van der Waals surface area contributed by atoms with E-state index in [1.165, 1.54) is 0 Å². The second kappa shape index (κ2) is 7.03. The highest BCUT2D eigenvalue weighted by molar-refractivity contribution is 7.88. The summed E-state index contributed by atoms with van der Waals surface area (Å²) in [6.45, 7) is 6.20. The summed E-state index contributed by atoms with van der Waals surface area (Å²) < 4.78 is 32.1. The molecule has 0 spiro atoms. The average Bonchev–Trinajstić information content (AvgIpc) is 2.37. The van der Waals surface area contributed by atoms with Crippen molar-refractivity contribution in [2.24, 2.45) is 5.41 Å². The lowest BCUT2D eigenvalue weighted by Crippen LogP contribution is -2.40. The van der Waals surface area contributed by atoms with Gasteiger partial charge in [-0.15, -0.1) is 0 Å². The Labute approximate surface area is 127 Å². The lowest BCUT2D eigenvalue weighted by atomic mass is 9.89. The predicted octanol–water partition coefficient (Wildman–Crippen LogP) is 2.04. The van der Waals surface area contributed by atoms with E-state index in [2.05, 4.69) is 4.72 Å². The minimum absolute atomic E-state index is 0.150. The number of hydrogen-bond donors (Lipinski definition) is 1. The lowest BCUT2D eigenvalue weighted by molar-refractivity contribution is 0.0212. The Morgan fingerprint density at radius 3 is 2.57 bits per heavy atom. The van der Waals surface area contributed by atoms with E-state index in [0.717, 1.165) is 0 Å². The maximum absolute atomic E-state index is 12.1. The van der Waals surface area contributed by atoms with E-state index in [9.17, 15) is 8.42 Å². The van der Waals surface area contributed by atoms with Crippen LogP contribution in [0.4, 0.5) is 0 Å². The Bertz CT molecular complexity index is 613. The molecule has 0 heterocycles. The molecular formula is C15H22N2O3S. The van der Waals surface area contributed by atoms with Crippen molar-refractivity contribution in [2.45, 2.75) is 32.6 Å².